The van der Waals surface area contributed by atoms with Crippen molar-refractivity contribution in [2.24, 2.45) is 0 Å². The van der Waals surface area contributed by atoms with Gasteiger partial charge in [0, 0.05) is 18.5 Å². The molecule has 5 heteroatoms. The van der Waals surface area contributed by atoms with Gasteiger partial charge in [0.1, 0.15) is 10.0 Å². The van der Waals surface area contributed by atoms with Crippen LogP contribution in [0.4, 0.5) is 0 Å². The summed E-state index contributed by atoms with van der Waals surface area (Å²) in [6, 6.07) is 6.02. The van der Waals surface area contributed by atoms with Crippen molar-refractivity contribution in [3.63, 3.8) is 0 Å². The molecule has 0 amide bonds. The van der Waals surface area contributed by atoms with Gasteiger partial charge in [-0.25, -0.2) is 0 Å². The second-order valence-electron chi connectivity index (χ2n) is 4.48. The Bertz CT molecular complexity index is 539. The van der Waals surface area contributed by atoms with E-state index in [9.17, 15) is 0 Å². The largest absolute Gasteiger partial charge is 0.316 e. The maximum Gasteiger partial charge on any atom is 0.149 e. The summed E-state index contributed by atoms with van der Waals surface area (Å²) in [5.41, 5.74) is 2.12. The summed E-state index contributed by atoms with van der Waals surface area (Å²) in [5, 5.41) is 14.5. The molecule has 0 aliphatic heterocycles. The van der Waals surface area contributed by atoms with E-state index in [1.165, 1.54) is 0 Å². The number of aromatic nitrogens is 2. The molecule has 1 aromatic carbocycles. The lowest BCUT2D eigenvalue weighted by Gasteiger charge is -2.00. The first kappa shape index (κ1) is 14.4. The molecular formula is C14H18ClN3S. The Labute approximate surface area is 123 Å². The normalized spacial score (nSPS) is 10.9. The molecule has 0 atom stereocenters. The number of nitrogens with one attached hydrogen (secondary N) is 1. The molecular weight excluding hydrogens is 278 g/mol. The van der Waals surface area contributed by atoms with Crippen LogP contribution in [0.5, 0.6) is 0 Å². The van der Waals surface area contributed by atoms with Crippen molar-refractivity contribution in [3.05, 3.63) is 33.8 Å². The molecule has 0 saturated heterocycles. The number of nitrogens with zero attached hydrogens (tertiary/aromatic N) is 2. The molecule has 1 aromatic heterocycles. The molecule has 0 spiro atoms. The van der Waals surface area contributed by atoms with Crippen LogP contribution in [0.3, 0.4) is 0 Å². The molecule has 0 radical (unpaired) electrons. The second kappa shape index (κ2) is 6.98. The van der Waals surface area contributed by atoms with E-state index in [0.717, 1.165) is 52.1 Å². The average Bonchev–Trinajstić information content (AvgIpc) is 2.83. The first-order valence-corrected chi connectivity index (χ1v) is 7.69. The SMILES string of the molecule is CCCNCCc1nnc(-c2ccc(C)cc2Cl)s1. The Hall–Kier alpha value is -0.970. The van der Waals surface area contributed by atoms with E-state index >= 15 is 0 Å². The van der Waals surface area contributed by atoms with Gasteiger partial charge in [0.15, 0.2) is 0 Å². The fourth-order valence-corrected chi connectivity index (χ4v) is 3.01. The van der Waals surface area contributed by atoms with Crippen LogP contribution in [0, 0.1) is 6.92 Å². The highest BCUT2D eigenvalue weighted by molar-refractivity contribution is 7.14. The molecule has 0 saturated carbocycles. The molecule has 2 aromatic rings. The zero-order valence-electron chi connectivity index (χ0n) is 11.2. The van der Waals surface area contributed by atoms with Crippen LogP contribution < -0.4 is 5.32 Å². The van der Waals surface area contributed by atoms with Crippen LogP contribution in [0.25, 0.3) is 10.6 Å². The number of hydrogen-bond acceptors (Lipinski definition) is 4. The zero-order chi connectivity index (χ0) is 13.7. The van der Waals surface area contributed by atoms with Crippen LogP contribution in [0.2, 0.25) is 5.02 Å². The fourth-order valence-electron chi connectivity index (χ4n) is 1.75. The first-order chi connectivity index (χ1) is 9.20. The fraction of sp³-hybridized carbons (Fsp3) is 0.429. The van der Waals surface area contributed by atoms with Crippen LogP contribution in [-0.2, 0) is 6.42 Å². The lowest BCUT2D eigenvalue weighted by Crippen LogP contribution is -2.17. The van der Waals surface area contributed by atoms with Gasteiger partial charge < -0.3 is 5.32 Å². The van der Waals surface area contributed by atoms with E-state index < -0.39 is 0 Å². The van der Waals surface area contributed by atoms with Gasteiger partial charge in [0.25, 0.3) is 0 Å². The van der Waals surface area contributed by atoms with Gasteiger partial charge in [-0.1, -0.05) is 42.0 Å². The Morgan fingerprint density at radius 3 is 2.84 bits per heavy atom. The minimum absolute atomic E-state index is 0.742. The Kier molecular flexibility index (Phi) is 5.31. The minimum atomic E-state index is 0.742. The van der Waals surface area contributed by atoms with E-state index in [1.54, 1.807) is 11.3 Å². The van der Waals surface area contributed by atoms with Gasteiger partial charge in [-0.3, -0.25) is 0 Å². The van der Waals surface area contributed by atoms with Crippen molar-refractivity contribution in [1.29, 1.82) is 0 Å². The predicted molar refractivity (Wildman–Crippen MR) is 82.0 cm³/mol. The van der Waals surface area contributed by atoms with E-state index in [0.29, 0.717) is 0 Å². The van der Waals surface area contributed by atoms with Gasteiger partial charge in [0.2, 0.25) is 0 Å². The lowest BCUT2D eigenvalue weighted by molar-refractivity contribution is 0.668. The van der Waals surface area contributed by atoms with E-state index in [1.807, 2.05) is 25.1 Å². The molecule has 3 nitrogen and oxygen atoms in total. The minimum Gasteiger partial charge on any atom is -0.316 e. The standard InChI is InChI=1S/C14H18ClN3S/c1-3-7-16-8-6-13-17-18-14(19-13)11-5-4-10(2)9-12(11)15/h4-5,9,16H,3,6-8H2,1-2H3. The van der Waals surface area contributed by atoms with Gasteiger partial charge in [0.05, 0.1) is 5.02 Å². The smallest absolute Gasteiger partial charge is 0.149 e. The van der Waals surface area contributed by atoms with Crippen molar-refractivity contribution in [3.8, 4) is 10.6 Å². The third-order valence-electron chi connectivity index (χ3n) is 2.76. The number of aryl methyl sites for hydroxylation is 1. The van der Waals surface area contributed by atoms with Gasteiger partial charge >= 0.3 is 0 Å². The summed E-state index contributed by atoms with van der Waals surface area (Å²) >= 11 is 7.86. The molecule has 1 N–H and O–H groups in total. The highest BCUT2D eigenvalue weighted by Gasteiger charge is 2.10. The van der Waals surface area contributed by atoms with Gasteiger partial charge in [-0.2, -0.15) is 0 Å². The average molecular weight is 296 g/mol. The van der Waals surface area contributed by atoms with Crippen molar-refractivity contribution >= 4 is 22.9 Å². The molecule has 1 heterocycles. The molecule has 0 aliphatic rings. The molecule has 0 bridgehead atoms. The number of rotatable bonds is 6. The molecule has 19 heavy (non-hydrogen) atoms. The van der Waals surface area contributed by atoms with Crippen molar-refractivity contribution < 1.29 is 0 Å². The highest BCUT2D eigenvalue weighted by Crippen LogP contribution is 2.30. The molecule has 0 fully saturated rings. The Morgan fingerprint density at radius 1 is 1.26 bits per heavy atom. The number of halogens is 1. The van der Waals surface area contributed by atoms with Crippen LogP contribution >= 0.6 is 22.9 Å². The van der Waals surface area contributed by atoms with Crippen LogP contribution in [0.1, 0.15) is 23.9 Å². The molecule has 102 valence electrons. The van der Waals surface area contributed by atoms with E-state index in [2.05, 4.69) is 22.4 Å². The maximum absolute atomic E-state index is 6.25. The Balaban J connectivity index is 2.04. The van der Waals surface area contributed by atoms with Crippen molar-refractivity contribution in [1.82, 2.24) is 15.5 Å². The van der Waals surface area contributed by atoms with Gasteiger partial charge in [-0.15, -0.1) is 10.2 Å². The summed E-state index contributed by atoms with van der Waals surface area (Å²) in [7, 11) is 0. The monoisotopic (exact) mass is 295 g/mol. The second-order valence-corrected chi connectivity index (χ2v) is 5.95. The maximum atomic E-state index is 6.25. The van der Waals surface area contributed by atoms with Crippen LogP contribution in [-0.4, -0.2) is 23.3 Å². The Morgan fingerprint density at radius 2 is 2.11 bits per heavy atom. The summed E-state index contributed by atoms with van der Waals surface area (Å²) in [6.07, 6.45) is 2.07. The zero-order valence-corrected chi connectivity index (χ0v) is 12.8. The first-order valence-electron chi connectivity index (χ1n) is 6.50. The third kappa shape index (κ3) is 4.00. The summed E-state index contributed by atoms with van der Waals surface area (Å²) in [5.74, 6) is 0. The summed E-state index contributed by atoms with van der Waals surface area (Å²) in [6.45, 7) is 6.19. The number of hydrogen-bond donors (Lipinski definition) is 1. The van der Waals surface area contributed by atoms with Crippen molar-refractivity contribution in [2.75, 3.05) is 13.1 Å². The van der Waals surface area contributed by atoms with Crippen molar-refractivity contribution in [2.45, 2.75) is 26.7 Å². The quantitative estimate of drug-likeness (QED) is 0.826. The third-order valence-corrected chi connectivity index (χ3v) is 4.09. The molecule has 0 aliphatic carbocycles. The van der Waals surface area contributed by atoms with Gasteiger partial charge in [-0.05, 0) is 31.5 Å². The summed E-state index contributed by atoms with van der Waals surface area (Å²) in [4.78, 5) is 0. The highest BCUT2D eigenvalue weighted by atomic mass is 35.5. The van der Waals surface area contributed by atoms with E-state index in [-0.39, 0.29) is 0 Å². The topological polar surface area (TPSA) is 37.8 Å². The van der Waals surface area contributed by atoms with E-state index in [4.69, 9.17) is 11.6 Å². The number of benzene rings is 1. The predicted octanol–water partition coefficient (Wildman–Crippen LogP) is 3.71. The molecule has 0 unspecified atom stereocenters. The van der Waals surface area contributed by atoms with Crippen LogP contribution in [0.15, 0.2) is 18.2 Å². The lowest BCUT2D eigenvalue weighted by atomic mass is 10.2. The summed E-state index contributed by atoms with van der Waals surface area (Å²) < 4.78 is 0. The molecule has 2 rings (SSSR count).